The van der Waals surface area contributed by atoms with Crippen molar-refractivity contribution in [2.24, 2.45) is 0 Å². The third-order valence-corrected chi connectivity index (χ3v) is 31.6. The maximum atomic E-state index is 5.26. The van der Waals surface area contributed by atoms with Crippen LogP contribution in [0.3, 0.4) is 0 Å². The van der Waals surface area contributed by atoms with Crippen molar-refractivity contribution < 1.29 is 0 Å². The van der Waals surface area contributed by atoms with E-state index >= 15 is 0 Å². The van der Waals surface area contributed by atoms with E-state index in [1.165, 1.54) is 199 Å². The number of fused-ring (bicyclic) bond motifs is 27. The largest absolute Gasteiger partial charge is 0.252 e. The van der Waals surface area contributed by atoms with Gasteiger partial charge in [-0.05, 0) is 289 Å². The third kappa shape index (κ3) is 15.0. The molecule has 3 aromatic heterocycles. The Labute approximate surface area is 854 Å². The van der Waals surface area contributed by atoms with Crippen molar-refractivity contribution >= 4 is 97.7 Å². The molecule has 692 valence electrons. The van der Waals surface area contributed by atoms with Crippen LogP contribution in [0, 0.1) is 0 Å². The molecule has 0 atom stereocenters. The lowest BCUT2D eigenvalue weighted by atomic mass is 9.81. The minimum Gasteiger partial charge on any atom is -0.252 e. The zero-order valence-corrected chi connectivity index (χ0v) is 82.4. The summed E-state index contributed by atoms with van der Waals surface area (Å²) >= 11 is 0. The Balaban J connectivity index is 0.000000110. The number of hydrogen-bond acceptors (Lipinski definition) is 6. The van der Waals surface area contributed by atoms with Crippen LogP contribution in [0.4, 0.5) is 0 Å². The Hall–Kier alpha value is -18.4. The molecule has 0 amide bonds. The lowest BCUT2D eigenvalue weighted by molar-refractivity contribution is 0.660. The predicted octanol–water partition coefficient (Wildman–Crippen LogP) is 37.1. The van der Waals surface area contributed by atoms with E-state index < -0.39 is 0 Å². The number of aromatic nitrogens is 6. The van der Waals surface area contributed by atoms with Crippen LogP contribution < -0.4 is 0 Å². The molecule has 0 saturated heterocycles. The van der Waals surface area contributed by atoms with Gasteiger partial charge in [-0.15, -0.1) is 0 Å². The summed E-state index contributed by atoms with van der Waals surface area (Å²) in [6, 6.07) is 166. The first-order chi connectivity index (χ1) is 72.1. The molecule has 26 aromatic rings. The van der Waals surface area contributed by atoms with Gasteiger partial charge in [-0.25, -0.2) is 4.98 Å². The highest BCUT2D eigenvalue weighted by Crippen LogP contribution is 2.55. The average molecular weight is 1880 g/mol. The minimum absolute atomic E-state index is 0.0160. The highest BCUT2D eigenvalue weighted by Gasteiger charge is 2.39. The smallest absolute Gasteiger partial charge is 0.0979 e. The normalized spacial score (nSPS) is 13.1. The summed E-state index contributed by atoms with van der Waals surface area (Å²) in [5.74, 6) is 0. The molecule has 6 nitrogen and oxygen atoms in total. The van der Waals surface area contributed by atoms with Crippen LogP contribution in [-0.4, -0.2) is 29.9 Å². The van der Waals surface area contributed by atoms with Crippen molar-refractivity contribution in [3.63, 3.8) is 0 Å². The van der Waals surface area contributed by atoms with E-state index in [2.05, 4.69) is 502 Å². The lowest BCUT2D eigenvalue weighted by Crippen LogP contribution is -2.14. The van der Waals surface area contributed by atoms with Gasteiger partial charge >= 0.3 is 0 Å². The predicted molar refractivity (Wildman–Crippen MR) is 616 cm³/mol. The zero-order chi connectivity index (χ0) is 98.3. The number of rotatable bonds is 11. The number of hydrogen-bond donors (Lipinski definition) is 0. The van der Waals surface area contributed by atoms with Gasteiger partial charge in [-0.2, -0.15) is 0 Å². The second-order valence-electron chi connectivity index (χ2n) is 41.1. The first-order valence-corrected chi connectivity index (χ1v) is 50.9. The summed E-state index contributed by atoms with van der Waals surface area (Å²) in [7, 11) is 0. The molecule has 23 aromatic carbocycles. The Morgan fingerprint density at radius 1 is 0.136 bits per heavy atom. The van der Waals surface area contributed by atoms with Crippen molar-refractivity contribution in [3.8, 4) is 156 Å². The molecule has 147 heavy (non-hydrogen) atoms. The molecular weight excluding hydrogens is 1780 g/mol. The molecule has 0 N–H and O–H groups in total. The second-order valence-corrected chi connectivity index (χ2v) is 41.1. The fraction of sp³-hybridized carbons (Fsp3) is 0.0638. The maximum absolute atomic E-state index is 5.26. The summed E-state index contributed by atoms with van der Waals surface area (Å²) in [6.45, 7) is 14.1. The van der Waals surface area contributed by atoms with Gasteiger partial charge in [0.05, 0.1) is 45.0 Å². The van der Waals surface area contributed by atoms with E-state index in [0.717, 1.165) is 87.8 Å². The van der Waals surface area contributed by atoms with Gasteiger partial charge in [-0.1, -0.05) is 418 Å². The molecule has 29 rings (SSSR count). The quantitative estimate of drug-likeness (QED) is 0.120. The molecule has 0 saturated carbocycles. The monoisotopic (exact) mass is 1870 g/mol. The third-order valence-electron chi connectivity index (χ3n) is 31.6. The summed E-state index contributed by atoms with van der Waals surface area (Å²) in [5.41, 5.74) is 48.1. The summed E-state index contributed by atoms with van der Waals surface area (Å²) in [4.78, 5) is 29.2. The van der Waals surface area contributed by atoms with Gasteiger partial charge in [0.1, 0.15) is 0 Å². The van der Waals surface area contributed by atoms with Crippen molar-refractivity contribution in [3.05, 3.63) is 519 Å². The molecule has 0 unspecified atom stereocenters. The van der Waals surface area contributed by atoms with Crippen LogP contribution in [0.25, 0.3) is 254 Å². The minimum atomic E-state index is -0.0284. The molecule has 0 aliphatic heterocycles. The van der Waals surface area contributed by atoms with E-state index in [9.17, 15) is 0 Å². The highest BCUT2D eigenvalue weighted by molar-refractivity contribution is 6.26. The second kappa shape index (κ2) is 35.1. The molecule has 3 aliphatic carbocycles. The first kappa shape index (κ1) is 87.6. The van der Waals surface area contributed by atoms with Crippen LogP contribution in [-0.2, 0) is 16.2 Å². The van der Waals surface area contributed by atoms with Crippen molar-refractivity contribution in [2.45, 2.75) is 57.8 Å². The summed E-state index contributed by atoms with van der Waals surface area (Å²) < 4.78 is 0. The Morgan fingerprint density at radius 2 is 0.340 bits per heavy atom. The standard InChI is InChI=1S/C55H38N2.2C43H30N2/c1-55(2)50-26-8-7-23-46(50)47-28-27-42(33-51(47)55)40-18-11-16-38(31-40)36-14-9-13-35(29-36)37-15-10-17-39(30-37)41-19-12-20-43(32-41)52-34-56-53-48-24-5-3-21-44(48)45-22-4-6-25-49(45)54(53)57-52;1-43(2)39-16-6-5-14-34(39)35-19-17-32(26-40(35)43)30-12-8-10-28(24-30)27-9-7-11-29(23-27)31-18-20-37-38(25-31)33-13-3-4-15-36(33)41-42(37)45-22-21-44-41;1-43(2)39-16-6-5-14-35(39)36-20-18-32(26-40(36)43)30-12-8-10-28(24-30)27-9-7-11-29(23-27)31-17-19-34-33-13-3-4-15-37(33)41-42(38(34)25-31)45-22-21-44-41/h3-34H,1-2H3;2*3-26H,1-2H3. The molecule has 3 aliphatic rings. The molecule has 0 radical (unpaired) electrons. The average Bonchev–Trinajstić information content (AvgIpc) is 1.69. The van der Waals surface area contributed by atoms with Crippen molar-refractivity contribution in [1.29, 1.82) is 0 Å². The zero-order valence-electron chi connectivity index (χ0n) is 82.4. The Kier molecular flexibility index (Phi) is 20.9. The summed E-state index contributed by atoms with van der Waals surface area (Å²) in [6.07, 6.45) is 9.05. The molecule has 0 spiro atoms. The van der Waals surface area contributed by atoms with Gasteiger partial charge in [0.25, 0.3) is 0 Å². The fourth-order valence-corrected chi connectivity index (χ4v) is 24.0. The van der Waals surface area contributed by atoms with Crippen LogP contribution in [0.5, 0.6) is 0 Å². The van der Waals surface area contributed by atoms with E-state index in [-0.39, 0.29) is 16.2 Å². The SMILES string of the molecule is CC1(C)c2ccccc2-c2ccc(-c3cccc(-c4cccc(-c5ccc6c(c5)c5ccccc5c5nccnc65)c4)c3)cc21.CC1(C)c2ccccc2-c2ccc(-c3cccc(-c4cccc(-c5ccc6c7ccccc7c7nccnc7c6c5)c4)c3)cc21.CC1(C)c2ccccc2-c2ccc(-c3cccc(-c4cccc(-c5cccc(-c6cccc(-c7cnc8c9ccccc9c9ccccc9c8n7)c6)c5)c4)c3)cc21. The first-order valence-electron chi connectivity index (χ1n) is 50.9. The van der Waals surface area contributed by atoms with Gasteiger partial charge in [0, 0.05) is 78.9 Å². The van der Waals surface area contributed by atoms with Crippen molar-refractivity contribution in [2.75, 3.05) is 0 Å². The van der Waals surface area contributed by atoms with Gasteiger partial charge in [0.2, 0.25) is 0 Å². The Bertz CT molecular complexity index is 9490. The molecule has 0 bridgehead atoms. The Morgan fingerprint density at radius 3 is 0.660 bits per heavy atom. The van der Waals surface area contributed by atoms with E-state index in [1.807, 2.05) is 6.20 Å². The van der Waals surface area contributed by atoms with Crippen LogP contribution in [0.2, 0.25) is 0 Å². The van der Waals surface area contributed by atoms with Crippen LogP contribution >= 0.6 is 0 Å². The van der Waals surface area contributed by atoms with Crippen molar-refractivity contribution in [1.82, 2.24) is 29.9 Å². The maximum Gasteiger partial charge on any atom is 0.0979 e. The molecular formula is C141H98N6. The van der Waals surface area contributed by atoms with Gasteiger partial charge in [-0.3, -0.25) is 24.9 Å². The van der Waals surface area contributed by atoms with E-state index in [4.69, 9.17) is 24.9 Å². The molecule has 0 fully saturated rings. The molecule has 6 heteroatoms. The highest BCUT2D eigenvalue weighted by atomic mass is 14.8. The topological polar surface area (TPSA) is 77.3 Å². The van der Waals surface area contributed by atoms with Gasteiger partial charge in [0.15, 0.2) is 0 Å². The summed E-state index contributed by atoms with van der Waals surface area (Å²) in [5, 5.41) is 14.0. The lowest BCUT2D eigenvalue weighted by Gasteiger charge is -2.22. The van der Waals surface area contributed by atoms with Crippen LogP contribution in [0.1, 0.15) is 74.9 Å². The molecule has 3 heterocycles. The van der Waals surface area contributed by atoms with Crippen LogP contribution in [0.15, 0.2) is 486 Å². The van der Waals surface area contributed by atoms with E-state index in [1.54, 1.807) is 24.8 Å². The van der Waals surface area contributed by atoms with Gasteiger partial charge < -0.3 is 0 Å². The fourth-order valence-electron chi connectivity index (χ4n) is 24.0. The number of benzene rings is 23. The number of nitrogens with zero attached hydrogens (tertiary/aromatic N) is 6. The van der Waals surface area contributed by atoms with E-state index in [0.29, 0.717) is 0 Å².